The van der Waals surface area contributed by atoms with Crippen LogP contribution >= 0.6 is 0 Å². The van der Waals surface area contributed by atoms with Gasteiger partial charge in [-0.1, -0.05) is 0 Å². The largest absolute Gasteiger partial charge is 0.508 e. The van der Waals surface area contributed by atoms with E-state index in [-0.39, 0.29) is 52.3 Å². The zero-order valence-corrected chi connectivity index (χ0v) is 13.1. The van der Waals surface area contributed by atoms with E-state index in [1.807, 2.05) is 0 Å². The first-order valence-corrected chi connectivity index (χ1v) is 7.15. The molecule has 1 aliphatic rings. The fraction of sp³-hybridized carbons (Fsp3) is 0.235. The molecule has 0 saturated heterocycles. The highest BCUT2D eigenvalue weighted by molar-refractivity contribution is 6.02. The number of rotatable bonds is 3. The monoisotopic (exact) mass is 332 g/mol. The van der Waals surface area contributed by atoms with Gasteiger partial charge in [-0.05, 0) is 12.1 Å². The number of ketones is 1. The molecule has 1 atom stereocenters. The molecule has 1 aliphatic heterocycles. The van der Waals surface area contributed by atoms with E-state index in [1.54, 1.807) is 12.1 Å². The van der Waals surface area contributed by atoms with Gasteiger partial charge in [-0.3, -0.25) is 4.79 Å². The summed E-state index contributed by atoms with van der Waals surface area (Å²) in [6.07, 6.45) is -0.683. The summed E-state index contributed by atoms with van der Waals surface area (Å²) in [7, 11) is 2.80. The van der Waals surface area contributed by atoms with Crippen molar-refractivity contribution in [1.82, 2.24) is 0 Å². The van der Waals surface area contributed by atoms with Crippen LogP contribution in [-0.4, -0.2) is 35.3 Å². The van der Waals surface area contributed by atoms with Crippen molar-refractivity contribution in [1.29, 1.82) is 0 Å². The number of hydrogen-bond acceptors (Lipinski definition) is 7. The zero-order valence-electron chi connectivity index (χ0n) is 13.1. The molecular weight excluding hydrogens is 316 g/mol. The maximum atomic E-state index is 12.3. The standard InChI is InChI=1S/C17H16O7/c1-22-14-3-8(4-15(23-2)17(14)21)12-7-11(20)16-10(19)5-9(18)6-13(16)24-12/h3-6,12,18-19,21H,7H2,1-2H3/t12-/m1/s1. The quantitative estimate of drug-likeness (QED) is 0.793. The van der Waals surface area contributed by atoms with Crippen molar-refractivity contribution in [3.8, 4) is 34.5 Å². The van der Waals surface area contributed by atoms with Crippen LogP contribution in [0.15, 0.2) is 24.3 Å². The van der Waals surface area contributed by atoms with Gasteiger partial charge >= 0.3 is 0 Å². The normalized spacial score (nSPS) is 16.2. The first kappa shape index (κ1) is 15.8. The number of carbonyl (C=O) groups is 1. The lowest BCUT2D eigenvalue weighted by atomic mass is 9.95. The molecular formula is C17H16O7. The predicted octanol–water partition coefficient (Wildman–Crippen LogP) is 2.53. The van der Waals surface area contributed by atoms with Gasteiger partial charge in [0.05, 0.1) is 20.6 Å². The minimum atomic E-state index is -0.672. The molecule has 7 nitrogen and oxygen atoms in total. The first-order valence-electron chi connectivity index (χ1n) is 7.15. The second-order valence-corrected chi connectivity index (χ2v) is 5.35. The van der Waals surface area contributed by atoms with Crippen LogP contribution in [0.4, 0.5) is 0 Å². The van der Waals surface area contributed by atoms with E-state index in [1.165, 1.54) is 20.3 Å². The molecule has 7 heteroatoms. The summed E-state index contributed by atoms with van der Waals surface area (Å²) >= 11 is 0. The number of Topliss-reactive ketones (excluding diaryl/α,β-unsaturated/α-hetero) is 1. The van der Waals surface area contributed by atoms with Crippen LogP contribution in [0.5, 0.6) is 34.5 Å². The average molecular weight is 332 g/mol. The Labute approximate surface area is 137 Å². The second kappa shape index (κ2) is 5.84. The summed E-state index contributed by atoms with van der Waals surface area (Å²) in [5, 5.41) is 29.4. The number of carbonyl (C=O) groups excluding carboxylic acids is 1. The number of ether oxygens (including phenoxy) is 3. The smallest absolute Gasteiger partial charge is 0.200 e. The molecule has 2 aromatic rings. The minimum absolute atomic E-state index is 0.0115. The van der Waals surface area contributed by atoms with Crippen LogP contribution in [-0.2, 0) is 0 Å². The molecule has 0 bridgehead atoms. The number of benzene rings is 2. The van der Waals surface area contributed by atoms with E-state index < -0.39 is 6.10 Å². The molecule has 0 fully saturated rings. The summed E-state index contributed by atoms with van der Waals surface area (Å²) in [6.45, 7) is 0. The van der Waals surface area contributed by atoms with Crippen molar-refractivity contribution < 1.29 is 34.3 Å². The lowest BCUT2D eigenvalue weighted by molar-refractivity contribution is 0.0844. The highest BCUT2D eigenvalue weighted by atomic mass is 16.5. The molecule has 3 rings (SSSR count). The van der Waals surface area contributed by atoms with Gasteiger partial charge in [0.15, 0.2) is 17.3 Å². The number of hydrogen-bond donors (Lipinski definition) is 3. The van der Waals surface area contributed by atoms with Crippen molar-refractivity contribution in [2.45, 2.75) is 12.5 Å². The van der Waals surface area contributed by atoms with Gasteiger partial charge in [0, 0.05) is 17.7 Å². The minimum Gasteiger partial charge on any atom is -0.508 e. The van der Waals surface area contributed by atoms with Gasteiger partial charge in [-0.2, -0.15) is 0 Å². The highest BCUT2D eigenvalue weighted by Gasteiger charge is 2.31. The predicted molar refractivity (Wildman–Crippen MR) is 83.3 cm³/mol. The summed E-state index contributed by atoms with van der Waals surface area (Å²) < 4.78 is 16.0. The van der Waals surface area contributed by atoms with Gasteiger partial charge in [0.1, 0.15) is 28.9 Å². The van der Waals surface area contributed by atoms with Crippen molar-refractivity contribution in [3.05, 3.63) is 35.4 Å². The van der Waals surface area contributed by atoms with Crippen LogP contribution in [0.2, 0.25) is 0 Å². The van der Waals surface area contributed by atoms with E-state index >= 15 is 0 Å². The summed E-state index contributed by atoms with van der Waals surface area (Å²) in [6, 6.07) is 5.45. The lowest BCUT2D eigenvalue weighted by Crippen LogP contribution is -2.20. The third-order valence-electron chi connectivity index (χ3n) is 3.86. The number of phenolic OH excluding ortho intramolecular Hbond substituents is 3. The molecule has 3 N–H and O–H groups in total. The molecule has 2 aromatic carbocycles. The number of aromatic hydroxyl groups is 3. The third-order valence-corrected chi connectivity index (χ3v) is 3.86. The van der Waals surface area contributed by atoms with Crippen molar-refractivity contribution in [2.24, 2.45) is 0 Å². The van der Waals surface area contributed by atoms with Gasteiger partial charge in [0.2, 0.25) is 5.75 Å². The van der Waals surface area contributed by atoms with Crippen molar-refractivity contribution >= 4 is 5.78 Å². The Hall–Kier alpha value is -3.09. The summed E-state index contributed by atoms with van der Waals surface area (Å²) in [4.78, 5) is 12.3. The lowest BCUT2D eigenvalue weighted by Gasteiger charge is -2.26. The Morgan fingerprint density at radius 3 is 2.25 bits per heavy atom. The summed E-state index contributed by atoms with van der Waals surface area (Å²) in [5.41, 5.74) is 0.602. The van der Waals surface area contributed by atoms with E-state index in [2.05, 4.69) is 0 Å². The molecule has 1 heterocycles. The van der Waals surface area contributed by atoms with Crippen LogP contribution in [0.1, 0.15) is 28.4 Å². The van der Waals surface area contributed by atoms with Crippen LogP contribution in [0.3, 0.4) is 0 Å². The number of methoxy groups -OCH3 is 2. The highest BCUT2D eigenvalue weighted by Crippen LogP contribution is 2.44. The van der Waals surface area contributed by atoms with Crippen molar-refractivity contribution in [3.63, 3.8) is 0 Å². The molecule has 0 aliphatic carbocycles. The second-order valence-electron chi connectivity index (χ2n) is 5.35. The van der Waals surface area contributed by atoms with Crippen molar-refractivity contribution in [2.75, 3.05) is 14.2 Å². The van der Waals surface area contributed by atoms with E-state index in [0.717, 1.165) is 6.07 Å². The van der Waals surface area contributed by atoms with Gasteiger partial charge < -0.3 is 29.5 Å². The number of fused-ring (bicyclic) bond motifs is 1. The number of phenols is 3. The topological polar surface area (TPSA) is 105 Å². The Bertz CT molecular complexity index is 788. The van der Waals surface area contributed by atoms with E-state index in [0.29, 0.717) is 5.56 Å². The molecule has 0 saturated carbocycles. The molecule has 126 valence electrons. The Kier molecular flexibility index (Phi) is 3.84. The maximum absolute atomic E-state index is 12.3. The Balaban J connectivity index is 2.04. The van der Waals surface area contributed by atoms with Gasteiger partial charge in [-0.15, -0.1) is 0 Å². The molecule has 24 heavy (non-hydrogen) atoms. The molecule has 0 amide bonds. The van der Waals surface area contributed by atoms with E-state index in [9.17, 15) is 20.1 Å². The fourth-order valence-electron chi connectivity index (χ4n) is 2.71. The maximum Gasteiger partial charge on any atom is 0.200 e. The van der Waals surface area contributed by atoms with E-state index in [4.69, 9.17) is 14.2 Å². The third kappa shape index (κ3) is 2.54. The van der Waals surface area contributed by atoms with Crippen LogP contribution < -0.4 is 14.2 Å². The Morgan fingerprint density at radius 2 is 1.67 bits per heavy atom. The van der Waals surface area contributed by atoms with Crippen LogP contribution in [0.25, 0.3) is 0 Å². The molecule has 0 radical (unpaired) electrons. The average Bonchev–Trinajstić information content (AvgIpc) is 2.53. The summed E-state index contributed by atoms with van der Waals surface area (Å²) in [5.74, 6) is -0.532. The van der Waals surface area contributed by atoms with Gasteiger partial charge in [-0.25, -0.2) is 0 Å². The SMILES string of the molecule is COc1cc([C@H]2CC(=O)c3c(O)cc(O)cc3O2)cc(OC)c1O. The van der Waals surface area contributed by atoms with Gasteiger partial charge in [0.25, 0.3) is 0 Å². The molecule has 0 aromatic heterocycles. The van der Waals surface area contributed by atoms with Crippen LogP contribution in [0, 0.1) is 0 Å². The Morgan fingerprint density at radius 1 is 1.04 bits per heavy atom. The fourth-order valence-corrected chi connectivity index (χ4v) is 2.71. The molecule has 0 spiro atoms. The first-order chi connectivity index (χ1) is 11.4. The molecule has 0 unspecified atom stereocenters. The zero-order chi connectivity index (χ0) is 17.4.